The van der Waals surface area contributed by atoms with Gasteiger partial charge in [-0.2, -0.15) is 0 Å². The second kappa shape index (κ2) is 7.57. The van der Waals surface area contributed by atoms with Gasteiger partial charge in [0.25, 0.3) is 0 Å². The van der Waals surface area contributed by atoms with Crippen LogP contribution in [0, 0.1) is 13.8 Å². The lowest BCUT2D eigenvalue weighted by molar-refractivity contribution is 0.317. The number of nitrogens with two attached hydrogens (primary N) is 1. The molecule has 0 aliphatic heterocycles. The third-order valence-corrected chi connectivity index (χ3v) is 2.67. The molecule has 1 unspecified atom stereocenters. The predicted octanol–water partition coefficient (Wildman–Crippen LogP) is 3.40. The molecule has 1 atom stereocenters. The Labute approximate surface area is 111 Å². The van der Waals surface area contributed by atoms with Crippen molar-refractivity contribution in [1.29, 1.82) is 0 Å². The Hall–Kier alpha value is -0.730. The molecule has 0 aliphatic rings. The Balaban J connectivity index is 0.00000256. The minimum absolute atomic E-state index is 0. The largest absolute Gasteiger partial charge is 0.494 e. The first kappa shape index (κ1) is 16.3. The summed E-state index contributed by atoms with van der Waals surface area (Å²) in [4.78, 5) is 0. The van der Waals surface area contributed by atoms with Crippen LogP contribution in [0.15, 0.2) is 12.1 Å². The van der Waals surface area contributed by atoms with Crippen LogP contribution >= 0.6 is 12.4 Å². The van der Waals surface area contributed by atoms with Gasteiger partial charge in [0.05, 0.1) is 6.61 Å². The molecule has 1 aromatic rings. The zero-order valence-corrected chi connectivity index (χ0v) is 12.1. The average Bonchev–Trinajstić information content (AvgIpc) is 2.20. The summed E-state index contributed by atoms with van der Waals surface area (Å²) in [6.07, 6.45) is 1.98. The molecule has 0 saturated heterocycles. The van der Waals surface area contributed by atoms with Gasteiger partial charge in [-0.05, 0) is 62.4 Å². The molecule has 0 fully saturated rings. The van der Waals surface area contributed by atoms with E-state index in [1.165, 1.54) is 16.7 Å². The summed E-state index contributed by atoms with van der Waals surface area (Å²) in [5.41, 5.74) is 9.77. The molecule has 0 spiro atoms. The van der Waals surface area contributed by atoms with Crippen LogP contribution in [0.2, 0.25) is 0 Å². The van der Waals surface area contributed by atoms with Crippen LogP contribution in [-0.2, 0) is 6.42 Å². The number of hydrogen-bond acceptors (Lipinski definition) is 2. The highest BCUT2D eigenvalue weighted by Crippen LogP contribution is 2.23. The van der Waals surface area contributed by atoms with Gasteiger partial charge in [-0.1, -0.05) is 6.92 Å². The Kier molecular flexibility index (Phi) is 7.24. The van der Waals surface area contributed by atoms with Crippen molar-refractivity contribution in [3.63, 3.8) is 0 Å². The highest BCUT2D eigenvalue weighted by molar-refractivity contribution is 5.85. The smallest absolute Gasteiger partial charge is 0.119 e. The van der Waals surface area contributed by atoms with Gasteiger partial charge in [-0.3, -0.25) is 0 Å². The minimum Gasteiger partial charge on any atom is -0.494 e. The van der Waals surface area contributed by atoms with Crippen molar-refractivity contribution in [1.82, 2.24) is 0 Å². The number of rotatable bonds is 5. The van der Waals surface area contributed by atoms with Crippen molar-refractivity contribution in [3.8, 4) is 5.75 Å². The van der Waals surface area contributed by atoms with E-state index in [0.29, 0.717) is 0 Å². The van der Waals surface area contributed by atoms with E-state index in [4.69, 9.17) is 10.5 Å². The normalized spacial score (nSPS) is 11.8. The fourth-order valence-electron chi connectivity index (χ4n) is 1.90. The molecule has 1 rings (SSSR count). The quantitative estimate of drug-likeness (QED) is 0.878. The van der Waals surface area contributed by atoms with E-state index >= 15 is 0 Å². The first-order valence-electron chi connectivity index (χ1n) is 6.03. The molecule has 0 aliphatic carbocycles. The fourth-order valence-corrected chi connectivity index (χ4v) is 1.90. The van der Waals surface area contributed by atoms with Gasteiger partial charge in [0.15, 0.2) is 0 Å². The molecular formula is C14H24ClNO. The lowest BCUT2D eigenvalue weighted by Crippen LogP contribution is -2.19. The second-order valence-electron chi connectivity index (χ2n) is 4.57. The van der Waals surface area contributed by atoms with Crippen LogP contribution < -0.4 is 10.5 Å². The van der Waals surface area contributed by atoms with E-state index in [0.717, 1.165) is 25.2 Å². The van der Waals surface area contributed by atoms with Crippen molar-refractivity contribution in [3.05, 3.63) is 28.8 Å². The van der Waals surface area contributed by atoms with Crippen LogP contribution in [-0.4, -0.2) is 12.6 Å². The minimum atomic E-state index is 0. The molecule has 98 valence electrons. The summed E-state index contributed by atoms with van der Waals surface area (Å²) in [7, 11) is 0. The fraction of sp³-hybridized carbons (Fsp3) is 0.571. The highest BCUT2D eigenvalue weighted by atomic mass is 35.5. The summed E-state index contributed by atoms with van der Waals surface area (Å²) in [5.74, 6) is 0.977. The number of benzene rings is 1. The molecule has 0 bridgehead atoms. The van der Waals surface area contributed by atoms with E-state index in [9.17, 15) is 0 Å². The summed E-state index contributed by atoms with van der Waals surface area (Å²) in [6.45, 7) is 9.20. The molecule has 0 saturated carbocycles. The Bertz CT molecular complexity index is 327. The molecule has 3 heteroatoms. The van der Waals surface area contributed by atoms with Crippen molar-refractivity contribution in [2.45, 2.75) is 46.6 Å². The molecule has 1 aromatic carbocycles. The lowest BCUT2D eigenvalue weighted by atomic mass is 9.97. The number of ether oxygens (including phenoxy) is 1. The predicted molar refractivity (Wildman–Crippen MR) is 76.3 cm³/mol. The highest BCUT2D eigenvalue weighted by Gasteiger charge is 2.07. The Morgan fingerprint density at radius 1 is 1.24 bits per heavy atom. The summed E-state index contributed by atoms with van der Waals surface area (Å²) in [6, 6.07) is 4.43. The van der Waals surface area contributed by atoms with Gasteiger partial charge in [-0.25, -0.2) is 0 Å². The van der Waals surface area contributed by atoms with Gasteiger partial charge < -0.3 is 10.5 Å². The second-order valence-corrected chi connectivity index (χ2v) is 4.57. The van der Waals surface area contributed by atoms with Gasteiger partial charge in [-0.15, -0.1) is 12.4 Å². The lowest BCUT2D eigenvalue weighted by Gasteiger charge is -2.14. The van der Waals surface area contributed by atoms with Crippen LogP contribution in [0.1, 0.15) is 37.0 Å². The van der Waals surface area contributed by atoms with Crippen molar-refractivity contribution >= 4 is 12.4 Å². The van der Waals surface area contributed by atoms with Gasteiger partial charge in [0.1, 0.15) is 5.75 Å². The van der Waals surface area contributed by atoms with Gasteiger partial charge in [0.2, 0.25) is 0 Å². The first-order valence-corrected chi connectivity index (χ1v) is 6.03. The van der Waals surface area contributed by atoms with E-state index in [2.05, 4.69) is 32.9 Å². The number of aryl methyl sites for hydroxylation is 2. The first-order chi connectivity index (χ1) is 7.54. The van der Waals surface area contributed by atoms with Crippen molar-refractivity contribution < 1.29 is 4.74 Å². The van der Waals surface area contributed by atoms with E-state index in [-0.39, 0.29) is 18.4 Å². The third kappa shape index (κ3) is 4.97. The molecule has 2 N–H and O–H groups in total. The molecule has 17 heavy (non-hydrogen) atoms. The van der Waals surface area contributed by atoms with E-state index < -0.39 is 0 Å². The van der Waals surface area contributed by atoms with E-state index in [1.807, 2.05) is 6.92 Å². The molecule has 0 heterocycles. The Morgan fingerprint density at radius 2 is 1.76 bits per heavy atom. The molecule has 0 aromatic heterocycles. The van der Waals surface area contributed by atoms with Gasteiger partial charge in [0, 0.05) is 6.04 Å². The van der Waals surface area contributed by atoms with Crippen molar-refractivity contribution in [2.24, 2.45) is 5.73 Å². The number of halogens is 1. The summed E-state index contributed by atoms with van der Waals surface area (Å²) >= 11 is 0. The number of hydrogen-bond donors (Lipinski definition) is 1. The van der Waals surface area contributed by atoms with Crippen LogP contribution in [0.25, 0.3) is 0 Å². The molecule has 2 nitrogen and oxygen atoms in total. The molecule has 0 radical (unpaired) electrons. The third-order valence-electron chi connectivity index (χ3n) is 2.67. The maximum Gasteiger partial charge on any atom is 0.119 e. The van der Waals surface area contributed by atoms with Crippen LogP contribution in [0.4, 0.5) is 0 Å². The SMILES string of the molecule is CCCOc1cc(C)c(CC(C)N)c(C)c1.Cl. The maximum atomic E-state index is 5.85. The average molecular weight is 258 g/mol. The standard InChI is InChI=1S/C14H23NO.ClH/c1-5-6-16-13-7-10(2)14(9-12(4)15)11(3)8-13;/h7-8,12H,5-6,9,15H2,1-4H3;1H. The molecular weight excluding hydrogens is 234 g/mol. The zero-order chi connectivity index (χ0) is 12.1. The van der Waals surface area contributed by atoms with Crippen LogP contribution in [0.5, 0.6) is 5.75 Å². The zero-order valence-electron chi connectivity index (χ0n) is 11.2. The topological polar surface area (TPSA) is 35.2 Å². The Morgan fingerprint density at radius 3 is 2.18 bits per heavy atom. The van der Waals surface area contributed by atoms with Gasteiger partial charge >= 0.3 is 0 Å². The summed E-state index contributed by atoms with van der Waals surface area (Å²) in [5, 5.41) is 0. The van der Waals surface area contributed by atoms with E-state index in [1.54, 1.807) is 0 Å². The van der Waals surface area contributed by atoms with Crippen LogP contribution in [0.3, 0.4) is 0 Å². The monoisotopic (exact) mass is 257 g/mol. The van der Waals surface area contributed by atoms with Crippen molar-refractivity contribution in [2.75, 3.05) is 6.61 Å². The molecule has 0 amide bonds. The summed E-state index contributed by atoms with van der Waals surface area (Å²) < 4.78 is 5.65. The maximum absolute atomic E-state index is 5.85.